The zero-order valence-corrected chi connectivity index (χ0v) is 15.5. The van der Waals surface area contributed by atoms with Gasteiger partial charge < -0.3 is 0 Å². The Balaban J connectivity index is 2.20. The quantitative estimate of drug-likeness (QED) is 0.659. The largest absolute Gasteiger partial charge is 0.282 e. The summed E-state index contributed by atoms with van der Waals surface area (Å²) >= 11 is 1.47. The molecule has 1 heterocycles. The van der Waals surface area contributed by atoms with E-state index in [9.17, 15) is 4.79 Å². The second-order valence-corrected chi connectivity index (χ2v) is 10.5. The van der Waals surface area contributed by atoms with E-state index in [4.69, 9.17) is 0 Å². The topological polar surface area (TPSA) is 17.1 Å². The summed E-state index contributed by atoms with van der Waals surface area (Å²) < 4.78 is 0. The fourth-order valence-electron chi connectivity index (χ4n) is 3.60. The molecule has 0 atom stereocenters. The first-order valence-corrected chi connectivity index (χ1v) is 11.2. The maximum absolute atomic E-state index is 12.9. The Morgan fingerprint density at radius 1 is 0.640 bits per heavy atom. The number of benzene rings is 3. The highest BCUT2D eigenvalue weighted by atomic mass is 32.2. The summed E-state index contributed by atoms with van der Waals surface area (Å²) in [6.07, 6.45) is 0.871. The summed E-state index contributed by atoms with van der Waals surface area (Å²) in [6.45, 7) is -2.11. The third kappa shape index (κ3) is 2.80. The number of hydrogen-bond acceptors (Lipinski definition) is 2. The molecule has 3 aromatic rings. The Kier molecular flexibility index (Phi) is 4.65. The summed E-state index contributed by atoms with van der Waals surface area (Å²) in [6, 6.07) is 31.8. The van der Waals surface area contributed by atoms with E-state index in [1.807, 2.05) is 18.2 Å². The van der Waals surface area contributed by atoms with Crippen LogP contribution in [0.4, 0.5) is 0 Å². The maximum atomic E-state index is 12.9. The van der Waals surface area contributed by atoms with Gasteiger partial charge in [0.2, 0.25) is 5.12 Å². The van der Waals surface area contributed by atoms with Crippen molar-refractivity contribution in [2.75, 3.05) is 5.75 Å². The molecule has 0 unspecified atom stereocenters. The highest BCUT2D eigenvalue weighted by Crippen LogP contribution is 2.49. The smallest absolute Gasteiger partial charge is 0.216 e. The van der Waals surface area contributed by atoms with Crippen molar-refractivity contribution in [1.82, 2.24) is 0 Å². The number of hydrogen-bond donors (Lipinski definition) is 0. The van der Waals surface area contributed by atoms with Gasteiger partial charge in [0.1, 0.15) is 0 Å². The molecule has 0 aromatic heterocycles. The van der Waals surface area contributed by atoms with E-state index in [1.54, 1.807) is 0 Å². The molecule has 0 radical (unpaired) electrons. The maximum Gasteiger partial charge on any atom is 0.216 e. The summed E-state index contributed by atoms with van der Waals surface area (Å²) in [5.41, 5.74) is 0. The molecule has 1 nitrogen and oxygen atoms in total. The highest BCUT2D eigenvalue weighted by molar-refractivity contribution is 8.18. The fourth-order valence-corrected chi connectivity index (χ4v) is 9.52. The van der Waals surface area contributed by atoms with E-state index in [0.29, 0.717) is 0 Å². The SMILES string of the molecule is O=C1SCCC1=P(c1ccccc1)(c1ccccc1)c1ccccc1. The predicted octanol–water partition coefficient (Wildman–Crippen LogP) is 3.82. The van der Waals surface area contributed by atoms with Gasteiger partial charge in [0, 0.05) is 11.0 Å². The zero-order valence-electron chi connectivity index (χ0n) is 13.8. The minimum absolute atomic E-state index is 0.268. The van der Waals surface area contributed by atoms with Crippen LogP contribution in [0.1, 0.15) is 6.42 Å². The monoisotopic (exact) mass is 362 g/mol. The molecule has 1 fully saturated rings. The summed E-state index contributed by atoms with van der Waals surface area (Å²) in [7, 11) is 0. The molecule has 3 heteroatoms. The molecule has 25 heavy (non-hydrogen) atoms. The normalized spacial score (nSPS) is 14.7. The lowest BCUT2D eigenvalue weighted by Crippen LogP contribution is -2.31. The molecule has 0 amide bonds. The molecule has 3 aromatic carbocycles. The first-order valence-electron chi connectivity index (χ1n) is 8.43. The van der Waals surface area contributed by atoms with Crippen LogP contribution in [0.25, 0.3) is 0 Å². The van der Waals surface area contributed by atoms with Gasteiger partial charge in [-0.3, -0.25) is 4.79 Å². The molecular formula is C22H19OPS. The molecule has 0 spiro atoms. The van der Waals surface area contributed by atoms with Gasteiger partial charge in [0.15, 0.2) is 0 Å². The van der Waals surface area contributed by atoms with Crippen LogP contribution in [0.15, 0.2) is 91.0 Å². The molecule has 1 saturated heterocycles. The van der Waals surface area contributed by atoms with Gasteiger partial charge in [0.25, 0.3) is 0 Å². The number of thioether (sulfide) groups is 1. The van der Waals surface area contributed by atoms with Gasteiger partial charge in [0.05, 0.1) is 0 Å². The van der Waals surface area contributed by atoms with Crippen molar-refractivity contribution in [3.05, 3.63) is 91.0 Å². The first-order chi connectivity index (χ1) is 12.3. The first kappa shape index (κ1) is 16.4. The van der Waals surface area contributed by atoms with Crippen LogP contribution >= 0.6 is 18.6 Å². The Bertz CT molecular complexity index is 830. The molecule has 0 N–H and O–H groups in total. The van der Waals surface area contributed by atoms with Gasteiger partial charge in [-0.1, -0.05) is 103 Å². The Morgan fingerprint density at radius 2 is 1.04 bits per heavy atom. The van der Waals surface area contributed by atoms with E-state index < -0.39 is 6.89 Å². The third-order valence-electron chi connectivity index (χ3n) is 4.64. The fraction of sp³-hybridized carbons (Fsp3) is 0.0909. The lowest BCUT2D eigenvalue weighted by Gasteiger charge is -2.31. The van der Waals surface area contributed by atoms with Crippen LogP contribution < -0.4 is 15.9 Å². The molecule has 1 aliphatic heterocycles. The molecule has 4 rings (SSSR count). The summed E-state index contributed by atoms with van der Waals surface area (Å²) in [5.74, 6) is 0.891. The van der Waals surface area contributed by atoms with Crippen LogP contribution in [-0.2, 0) is 4.79 Å². The minimum Gasteiger partial charge on any atom is -0.282 e. The van der Waals surface area contributed by atoms with Crippen LogP contribution in [0, 0.1) is 0 Å². The van der Waals surface area contributed by atoms with E-state index in [-0.39, 0.29) is 5.12 Å². The van der Waals surface area contributed by atoms with Gasteiger partial charge >= 0.3 is 0 Å². The number of carbonyl (C=O) groups is 1. The molecule has 0 saturated carbocycles. The van der Waals surface area contributed by atoms with Crippen molar-refractivity contribution in [2.45, 2.75) is 6.42 Å². The Hall–Kier alpha value is -2.02. The average Bonchev–Trinajstić information content (AvgIpc) is 3.12. The number of rotatable bonds is 3. The van der Waals surface area contributed by atoms with Crippen molar-refractivity contribution in [3.8, 4) is 0 Å². The third-order valence-corrected chi connectivity index (χ3v) is 10.2. The molecular weight excluding hydrogens is 343 g/mol. The van der Waals surface area contributed by atoms with Gasteiger partial charge in [-0.15, -0.1) is 0 Å². The second-order valence-electron chi connectivity index (χ2n) is 6.01. The standard InChI is InChI=1S/C22H19OPS/c23-22-21(16-17-25-22)24(18-10-4-1-5-11-18,19-12-6-2-7-13-19)20-14-8-3-9-15-20/h1-15H,16-17H2. The molecule has 124 valence electrons. The van der Waals surface area contributed by atoms with Crippen LogP contribution in [0.2, 0.25) is 0 Å². The molecule has 0 aliphatic carbocycles. The van der Waals surface area contributed by atoms with E-state index in [2.05, 4.69) is 72.8 Å². The minimum atomic E-state index is -2.11. The van der Waals surface area contributed by atoms with Gasteiger partial charge in [-0.25, -0.2) is 0 Å². The molecule has 0 bridgehead atoms. The lowest BCUT2D eigenvalue weighted by atomic mass is 10.3. The Labute approximate surface area is 153 Å². The number of carbonyl (C=O) groups excluding carboxylic acids is 1. The zero-order chi connectivity index (χ0) is 17.1. The van der Waals surface area contributed by atoms with Crippen LogP contribution in [-0.4, -0.2) is 16.2 Å². The van der Waals surface area contributed by atoms with Crippen molar-refractivity contribution in [1.29, 1.82) is 0 Å². The van der Waals surface area contributed by atoms with Gasteiger partial charge in [-0.2, -0.15) is 0 Å². The van der Waals surface area contributed by atoms with E-state index in [1.165, 1.54) is 27.7 Å². The van der Waals surface area contributed by atoms with Crippen molar-refractivity contribution < 1.29 is 4.79 Å². The summed E-state index contributed by atoms with van der Waals surface area (Å²) in [5, 5.41) is 5.15. The molecule has 1 aliphatic rings. The Morgan fingerprint density at radius 3 is 1.36 bits per heavy atom. The highest BCUT2D eigenvalue weighted by Gasteiger charge is 2.35. The van der Waals surface area contributed by atoms with E-state index >= 15 is 0 Å². The average molecular weight is 362 g/mol. The second kappa shape index (κ2) is 7.07. The van der Waals surface area contributed by atoms with Crippen molar-refractivity contribution in [3.63, 3.8) is 0 Å². The van der Waals surface area contributed by atoms with Crippen molar-refractivity contribution in [2.24, 2.45) is 0 Å². The lowest BCUT2D eigenvalue weighted by molar-refractivity contribution is -0.105. The van der Waals surface area contributed by atoms with Crippen LogP contribution in [0.5, 0.6) is 0 Å². The predicted molar refractivity (Wildman–Crippen MR) is 112 cm³/mol. The van der Waals surface area contributed by atoms with E-state index in [0.717, 1.165) is 17.5 Å². The van der Waals surface area contributed by atoms with Crippen molar-refractivity contribution >= 4 is 45.0 Å². The van der Waals surface area contributed by atoms with Crippen LogP contribution in [0.3, 0.4) is 0 Å². The van der Waals surface area contributed by atoms with Gasteiger partial charge in [-0.05, 0) is 29.2 Å². The summed E-state index contributed by atoms with van der Waals surface area (Å²) in [4.78, 5) is 12.9.